The Bertz CT molecular complexity index is 1020. The molecule has 2 aromatic carbocycles. The van der Waals surface area contributed by atoms with Gasteiger partial charge in [0.05, 0.1) is 12.3 Å². The molecule has 10 heteroatoms. The zero-order valence-corrected chi connectivity index (χ0v) is 18.4. The lowest BCUT2D eigenvalue weighted by Gasteiger charge is -2.09. The molecule has 0 fully saturated rings. The van der Waals surface area contributed by atoms with Gasteiger partial charge in [0, 0.05) is 27.8 Å². The van der Waals surface area contributed by atoms with Crippen LogP contribution < -0.4 is 10.6 Å². The summed E-state index contributed by atoms with van der Waals surface area (Å²) in [5.41, 5.74) is 1.10. The normalized spacial score (nSPS) is 10.6. The van der Waals surface area contributed by atoms with Gasteiger partial charge in [0.25, 0.3) is 5.91 Å². The van der Waals surface area contributed by atoms with E-state index >= 15 is 0 Å². The molecule has 0 radical (unpaired) electrons. The van der Waals surface area contributed by atoms with Crippen LogP contribution in [-0.2, 0) is 17.9 Å². The van der Waals surface area contributed by atoms with Crippen LogP contribution >= 0.6 is 35.0 Å². The van der Waals surface area contributed by atoms with Crippen LogP contribution in [-0.4, -0.2) is 32.3 Å². The molecule has 0 aliphatic carbocycles. The van der Waals surface area contributed by atoms with Gasteiger partial charge in [-0.1, -0.05) is 53.2 Å². The van der Waals surface area contributed by atoms with E-state index in [2.05, 4.69) is 20.8 Å². The molecule has 1 heterocycles. The molecule has 0 saturated heterocycles. The second-order valence-electron chi connectivity index (χ2n) is 6.19. The number of benzene rings is 2. The fourth-order valence-electron chi connectivity index (χ4n) is 2.68. The fraction of sp³-hybridized carbons (Fsp3) is 0.200. The summed E-state index contributed by atoms with van der Waals surface area (Å²) in [6.07, 6.45) is 0. The van der Waals surface area contributed by atoms with Gasteiger partial charge >= 0.3 is 0 Å². The number of thioether (sulfide) groups is 1. The van der Waals surface area contributed by atoms with Gasteiger partial charge < -0.3 is 15.2 Å². The van der Waals surface area contributed by atoms with Crippen molar-refractivity contribution in [3.05, 3.63) is 70.0 Å². The van der Waals surface area contributed by atoms with Crippen molar-refractivity contribution in [1.29, 1.82) is 0 Å². The summed E-state index contributed by atoms with van der Waals surface area (Å²) in [6, 6.07) is 13.8. The topological polar surface area (TPSA) is 88.9 Å². The van der Waals surface area contributed by atoms with Gasteiger partial charge in [0.15, 0.2) is 11.0 Å². The van der Waals surface area contributed by atoms with Crippen LogP contribution in [0, 0.1) is 0 Å². The number of aromatic nitrogens is 3. The van der Waals surface area contributed by atoms with E-state index in [-0.39, 0.29) is 24.1 Å². The minimum atomic E-state index is -0.220. The number of amides is 2. The van der Waals surface area contributed by atoms with Crippen molar-refractivity contribution >= 4 is 52.5 Å². The summed E-state index contributed by atoms with van der Waals surface area (Å²) in [4.78, 5) is 24.5. The Labute approximate surface area is 188 Å². The quantitative estimate of drug-likeness (QED) is 0.487. The molecule has 0 aliphatic rings. The highest BCUT2D eigenvalue weighted by molar-refractivity contribution is 7.99. The Morgan fingerprint density at radius 1 is 1.07 bits per heavy atom. The maximum Gasteiger partial charge on any atom is 0.251 e. The number of nitrogens with one attached hydrogen (secondary N) is 2. The van der Waals surface area contributed by atoms with Gasteiger partial charge in [-0.25, -0.2) is 0 Å². The third-order valence-electron chi connectivity index (χ3n) is 4.03. The summed E-state index contributed by atoms with van der Waals surface area (Å²) in [5.74, 6) is 0.350. The number of carbonyl (C=O) groups is 2. The number of carbonyl (C=O) groups excluding carboxylic acids is 2. The lowest BCUT2D eigenvalue weighted by atomic mass is 10.2. The molecule has 156 valence electrons. The highest BCUT2D eigenvalue weighted by Crippen LogP contribution is 2.23. The molecule has 3 rings (SSSR count). The summed E-state index contributed by atoms with van der Waals surface area (Å²) < 4.78 is 1.86. The van der Waals surface area contributed by atoms with E-state index in [1.54, 1.807) is 42.5 Å². The summed E-state index contributed by atoms with van der Waals surface area (Å²) in [5, 5.41) is 15.4. The number of hydrogen-bond donors (Lipinski definition) is 2. The highest BCUT2D eigenvalue weighted by atomic mass is 35.5. The van der Waals surface area contributed by atoms with E-state index in [1.165, 1.54) is 11.8 Å². The molecule has 0 atom stereocenters. The minimum Gasteiger partial charge on any atom is -0.345 e. The first-order valence-electron chi connectivity index (χ1n) is 9.10. The lowest BCUT2D eigenvalue weighted by Crippen LogP contribution is -2.24. The molecule has 30 heavy (non-hydrogen) atoms. The molecule has 2 amide bonds. The minimum absolute atomic E-state index is 0.138. The molecule has 2 N–H and O–H groups in total. The van der Waals surface area contributed by atoms with E-state index in [1.807, 2.05) is 17.6 Å². The smallest absolute Gasteiger partial charge is 0.251 e. The van der Waals surface area contributed by atoms with Crippen molar-refractivity contribution in [2.45, 2.75) is 25.2 Å². The molecule has 3 aromatic rings. The van der Waals surface area contributed by atoms with Gasteiger partial charge in [0.1, 0.15) is 0 Å². The highest BCUT2D eigenvalue weighted by Gasteiger charge is 2.14. The Morgan fingerprint density at radius 2 is 1.77 bits per heavy atom. The van der Waals surface area contributed by atoms with Crippen LogP contribution in [0.2, 0.25) is 10.0 Å². The zero-order chi connectivity index (χ0) is 21.5. The second-order valence-corrected chi connectivity index (χ2v) is 8.00. The largest absolute Gasteiger partial charge is 0.345 e. The van der Waals surface area contributed by atoms with Gasteiger partial charge in [-0.2, -0.15) is 0 Å². The molecule has 0 unspecified atom stereocenters. The first-order chi connectivity index (χ1) is 14.5. The average molecular weight is 464 g/mol. The van der Waals surface area contributed by atoms with Crippen LogP contribution in [0.25, 0.3) is 0 Å². The number of halogens is 2. The summed E-state index contributed by atoms with van der Waals surface area (Å²) in [6.45, 7) is 2.80. The first-order valence-corrected chi connectivity index (χ1v) is 10.8. The van der Waals surface area contributed by atoms with Gasteiger partial charge in [-0.3, -0.25) is 9.59 Å². The van der Waals surface area contributed by atoms with E-state index < -0.39 is 0 Å². The molecule has 1 aromatic heterocycles. The van der Waals surface area contributed by atoms with Crippen molar-refractivity contribution in [2.24, 2.45) is 0 Å². The molecular weight excluding hydrogens is 445 g/mol. The zero-order valence-electron chi connectivity index (χ0n) is 16.1. The van der Waals surface area contributed by atoms with Crippen LogP contribution in [0.5, 0.6) is 0 Å². The van der Waals surface area contributed by atoms with E-state index in [0.29, 0.717) is 38.8 Å². The third kappa shape index (κ3) is 5.98. The van der Waals surface area contributed by atoms with Gasteiger partial charge in [-0.05, 0) is 37.3 Å². The first kappa shape index (κ1) is 22.1. The van der Waals surface area contributed by atoms with Crippen LogP contribution in [0.4, 0.5) is 5.69 Å². The lowest BCUT2D eigenvalue weighted by molar-refractivity contribution is -0.113. The number of hydrogen-bond acceptors (Lipinski definition) is 5. The van der Waals surface area contributed by atoms with Crippen molar-refractivity contribution in [1.82, 2.24) is 20.1 Å². The van der Waals surface area contributed by atoms with Crippen LogP contribution in [0.1, 0.15) is 23.1 Å². The third-order valence-corrected chi connectivity index (χ3v) is 5.43. The summed E-state index contributed by atoms with van der Waals surface area (Å²) in [7, 11) is 0. The second kappa shape index (κ2) is 10.5. The van der Waals surface area contributed by atoms with E-state index in [0.717, 1.165) is 0 Å². The van der Waals surface area contributed by atoms with Crippen LogP contribution in [0.15, 0.2) is 53.7 Å². The molecule has 0 bridgehead atoms. The monoisotopic (exact) mass is 463 g/mol. The molecule has 0 aliphatic heterocycles. The molecule has 7 nitrogen and oxygen atoms in total. The van der Waals surface area contributed by atoms with Crippen molar-refractivity contribution < 1.29 is 9.59 Å². The summed E-state index contributed by atoms with van der Waals surface area (Å²) >= 11 is 13.2. The fourth-order valence-corrected chi connectivity index (χ4v) is 4.03. The Balaban J connectivity index is 1.57. The predicted molar refractivity (Wildman–Crippen MR) is 119 cm³/mol. The van der Waals surface area contributed by atoms with E-state index in [9.17, 15) is 9.59 Å². The maximum absolute atomic E-state index is 12.3. The van der Waals surface area contributed by atoms with Gasteiger partial charge in [-0.15, -0.1) is 10.2 Å². The van der Waals surface area contributed by atoms with Crippen LogP contribution in [0.3, 0.4) is 0 Å². The predicted octanol–water partition coefficient (Wildman–Crippen LogP) is 4.27. The van der Waals surface area contributed by atoms with E-state index in [4.69, 9.17) is 23.2 Å². The van der Waals surface area contributed by atoms with Gasteiger partial charge in [0.2, 0.25) is 5.91 Å². The number of anilines is 1. The number of nitrogens with zero attached hydrogens (tertiary/aromatic N) is 3. The Hall–Kier alpha value is -2.55. The standard InChI is InChI=1S/C20H19Cl2N5O2S/c1-2-27-17(11-23-19(29)13-6-4-3-5-7-13)25-26-20(27)30-12-18(28)24-16-9-14(21)8-15(22)10-16/h3-10H,2,11-12H2,1H3,(H,23,29)(H,24,28). The molecule has 0 saturated carbocycles. The van der Waals surface area contributed by atoms with Crippen molar-refractivity contribution in [2.75, 3.05) is 11.1 Å². The van der Waals surface area contributed by atoms with Crippen molar-refractivity contribution in [3.63, 3.8) is 0 Å². The molecular formula is C20H19Cl2N5O2S. The Kier molecular flexibility index (Phi) is 7.73. The Morgan fingerprint density at radius 3 is 2.43 bits per heavy atom. The maximum atomic E-state index is 12.3. The SMILES string of the molecule is CCn1c(CNC(=O)c2ccccc2)nnc1SCC(=O)Nc1cc(Cl)cc(Cl)c1. The molecule has 0 spiro atoms. The number of rotatable bonds is 8. The van der Waals surface area contributed by atoms with Crippen molar-refractivity contribution in [3.8, 4) is 0 Å². The average Bonchev–Trinajstić information content (AvgIpc) is 3.12.